The van der Waals surface area contributed by atoms with Crippen molar-refractivity contribution in [2.75, 3.05) is 13.2 Å². The van der Waals surface area contributed by atoms with E-state index in [2.05, 4.69) is 10.6 Å². The third-order valence-corrected chi connectivity index (χ3v) is 5.79. The Morgan fingerprint density at radius 3 is 2.18 bits per heavy atom. The maximum atomic E-state index is 13.0. The number of amides is 2. The van der Waals surface area contributed by atoms with E-state index in [4.69, 9.17) is 14.0 Å². The Morgan fingerprint density at radius 2 is 1.68 bits per heavy atom. The largest absolute Gasteiger partial charge is 0.457 e. The fraction of sp³-hybridized carbons (Fsp3) is 0.900. The average molecular weight is 396 g/mol. The van der Waals surface area contributed by atoms with Crippen LogP contribution in [0.1, 0.15) is 68.2 Å². The fourth-order valence-corrected chi connectivity index (χ4v) is 3.75. The molecule has 2 N–H and O–H groups in total. The molecular weight excluding hydrogens is 359 g/mol. The van der Waals surface area contributed by atoms with Gasteiger partial charge in [-0.25, -0.2) is 0 Å². The molecule has 28 heavy (non-hydrogen) atoms. The Kier molecular flexibility index (Phi) is 6.58. The zero-order valence-corrected chi connectivity index (χ0v) is 18.7. The van der Waals surface area contributed by atoms with Gasteiger partial charge in [0.2, 0.25) is 11.8 Å². The van der Waals surface area contributed by atoms with Crippen molar-refractivity contribution in [3.63, 3.8) is 0 Å². The molecule has 2 amide bonds. The molecule has 2 heterocycles. The first-order valence-corrected chi connectivity index (χ1v) is 10.2. The van der Waals surface area contributed by atoms with E-state index in [-0.39, 0.29) is 42.7 Å². The molecule has 2 saturated heterocycles. The second kappa shape index (κ2) is 7.96. The summed E-state index contributed by atoms with van der Waals surface area (Å²) in [6.07, 6.45) is 2.05. The maximum Gasteiger partial charge on any atom is 0.457 e. The lowest BCUT2D eigenvalue weighted by Gasteiger charge is -2.41. The molecule has 2 unspecified atom stereocenters. The molecule has 2 rings (SSSR count). The average Bonchev–Trinajstić information content (AvgIpc) is 2.70. The van der Waals surface area contributed by atoms with Gasteiger partial charge < -0.3 is 24.7 Å². The van der Waals surface area contributed by atoms with Crippen LogP contribution in [0.5, 0.6) is 0 Å². The van der Waals surface area contributed by atoms with Crippen LogP contribution < -0.4 is 10.6 Å². The number of hydrogen-bond donors (Lipinski definition) is 2. The second-order valence-electron chi connectivity index (χ2n) is 10.3. The van der Waals surface area contributed by atoms with Gasteiger partial charge in [0.25, 0.3) is 0 Å². The van der Waals surface area contributed by atoms with Gasteiger partial charge in [0.05, 0.1) is 17.8 Å². The van der Waals surface area contributed by atoms with Crippen LogP contribution in [0.4, 0.5) is 0 Å². The van der Waals surface area contributed by atoms with E-state index in [1.54, 1.807) is 0 Å². The van der Waals surface area contributed by atoms with Crippen LogP contribution in [0.3, 0.4) is 0 Å². The summed E-state index contributed by atoms with van der Waals surface area (Å²) in [7, 11) is -0.273. The highest BCUT2D eigenvalue weighted by molar-refractivity contribution is 6.45. The van der Waals surface area contributed by atoms with Crippen molar-refractivity contribution in [2.45, 2.75) is 96.8 Å². The Balaban J connectivity index is 2.03. The quantitative estimate of drug-likeness (QED) is 0.697. The summed E-state index contributed by atoms with van der Waals surface area (Å²) in [5.41, 5.74) is -2.14. The van der Waals surface area contributed by atoms with Crippen LogP contribution in [-0.4, -0.2) is 54.4 Å². The Hall–Kier alpha value is -1.12. The normalized spacial score (nSPS) is 29.4. The summed E-state index contributed by atoms with van der Waals surface area (Å²) in [5, 5.41) is 5.85. The van der Waals surface area contributed by atoms with Crippen molar-refractivity contribution in [3.8, 4) is 0 Å². The fourth-order valence-electron chi connectivity index (χ4n) is 3.75. The first-order chi connectivity index (χ1) is 12.7. The lowest BCUT2D eigenvalue weighted by atomic mass is 9.75. The van der Waals surface area contributed by atoms with E-state index in [1.165, 1.54) is 6.92 Å². The van der Waals surface area contributed by atoms with Crippen LogP contribution >= 0.6 is 0 Å². The van der Waals surface area contributed by atoms with Crippen LogP contribution in [0, 0.1) is 5.92 Å². The van der Waals surface area contributed by atoms with Gasteiger partial charge in [-0.05, 0) is 73.5 Å². The monoisotopic (exact) mass is 396 g/mol. The molecule has 0 aromatic rings. The van der Waals surface area contributed by atoms with Crippen molar-refractivity contribution in [1.82, 2.24) is 10.6 Å². The molecule has 0 radical (unpaired) electrons. The zero-order chi connectivity index (χ0) is 21.4. The molecule has 2 fully saturated rings. The van der Waals surface area contributed by atoms with Crippen LogP contribution in [0.2, 0.25) is 6.32 Å². The summed E-state index contributed by atoms with van der Waals surface area (Å²) >= 11 is 0. The molecule has 2 atom stereocenters. The Bertz CT molecular complexity index is 586. The van der Waals surface area contributed by atoms with E-state index in [0.717, 1.165) is 12.7 Å². The lowest BCUT2D eigenvalue weighted by molar-refractivity contribution is -0.142. The minimum absolute atomic E-state index is 0.130. The molecule has 8 heteroatoms. The maximum absolute atomic E-state index is 13.0. The van der Waals surface area contributed by atoms with Gasteiger partial charge in [0, 0.05) is 19.1 Å². The minimum Gasteiger partial charge on any atom is -0.403 e. The molecule has 160 valence electrons. The van der Waals surface area contributed by atoms with Gasteiger partial charge >= 0.3 is 7.12 Å². The molecule has 0 saturated carbocycles. The second-order valence-corrected chi connectivity index (χ2v) is 10.3. The first-order valence-electron chi connectivity index (χ1n) is 10.2. The van der Waals surface area contributed by atoms with Gasteiger partial charge in [-0.3, -0.25) is 9.59 Å². The standard InChI is InChI=1S/C20H37BN2O5/c1-14(24)22-20(16(25)23-17(2,3)4)11-15(12-26-13-20)9-10-21-27-18(5,6)19(7,8)28-21/h15H,9-13H2,1-8H3,(H,22,24)(H,23,25). The van der Waals surface area contributed by atoms with Gasteiger partial charge in [0.15, 0.2) is 0 Å². The number of nitrogens with one attached hydrogen (secondary N) is 2. The molecule has 2 aliphatic heterocycles. The summed E-state index contributed by atoms with van der Waals surface area (Å²) < 4.78 is 17.9. The molecule has 0 bridgehead atoms. The molecule has 0 aromatic carbocycles. The smallest absolute Gasteiger partial charge is 0.403 e. The third kappa shape index (κ3) is 5.48. The van der Waals surface area contributed by atoms with Gasteiger partial charge in [-0.2, -0.15) is 0 Å². The molecule has 2 aliphatic rings. The zero-order valence-electron chi connectivity index (χ0n) is 18.7. The van der Waals surface area contributed by atoms with Gasteiger partial charge in [-0.15, -0.1) is 0 Å². The van der Waals surface area contributed by atoms with Crippen molar-refractivity contribution < 1.29 is 23.6 Å². The van der Waals surface area contributed by atoms with Crippen LogP contribution in [0.15, 0.2) is 0 Å². The topological polar surface area (TPSA) is 85.9 Å². The predicted octanol–water partition coefficient (Wildman–Crippen LogP) is 2.29. The highest BCUT2D eigenvalue weighted by atomic mass is 16.7. The summed E-state index contributed by atoms with van der Waals surface area (Å²) in [4.78, 5) is 24.8. The van der Waals surface area contributed by atoms with E-state index < -0.39 is 11.1 Å². The highest BCUT2D eigenvalue weighted by Crippen LogP contribution is 2.39. The lowest BCUT2D eigenvalue weighted by Crippen LogP contribution is -2.66. The van der Waals surface area contributed by atoms with E-state index in [9.17, 15) is 9.59 Å². The molecule has 0 aliphatic carbocycles. The van der Waals surface area contributed by atoms with Gasteiger partial charge in [0.1, 0.15) is 5.54 Å². The highest BCUT2D eigenvalue weighted by Gasteiger charge is 2.51. The number of hydrogen-bond acceptors (Lipinski definition) is 5. The predicted molar refractivity (Wildman–Crippen MR) is 109 cm³/mol. The van der Waals surface area contributed by atoms with Crippen molar-refractivity contribution in [3.05, 3.63) is 0 Å². The van der Waals surface area contributed by atoms with Crippen LogP contribution in [-0.2, 0) is 23.6 Å². The number of carbonyl (C=O) groups is 2. The molecule has 7 nitrogen and oxygen atoms in total. The Morgan fingerprint density at radius 1 is 1.11 bits per heavy atom. The molecular formula is C20H37BN2O5. The first kappa shape index (κ1) is 23.2. The SMILES string of the molecule is CC(=O)NC1(C(=O)NC(C)(C)C)COCC(CCB2OC(C)(C)C(C)(C)O2)C1. The molecule has 0 aromatic heterocycles. The number of ether oxygens (including phenoxy) is 1. The number of carbonyl (C=O) groups excluding carboxylic acids is 2. The van der Waals surface area contributed by atoms with E-state index in [1.807, 2.05) is 48.5 Å². The van der Waals surface area contributed by atoms with Gasteiger partial charge in [-0.1, -0.05) is 0 Å². The molecule has 0 spiro atoms. The minimum atomic E-state index is -1.04. The number of rotatable bonds is 5. The van der Waals surface area contributed by atoms with Crippen molar-refractivity contribution in [2.24, 2.45) is 5.92 Å². The van der Waals surface area contributed by atoms with Crippen molar-refractivity contribution in [1.29, 1.82) is 0 Å². The summed E-state index contributed by atoms with van der Waals surface area (Å²) in [6.45, 7) is 16.1. The van der Waals surface area contributed by atoms with Crippen LogP contribution in [0.25, 0.3) is 0 Å². The summed E-state index contributed by atoms with van der Waals surface area (Å²) in [6, 6.07) is 0. The van der Waals surface area contributed by atoms with E-state index >= 15 is 0 Å². The Labute approximate surface area is 169 Å². The summed E-state index contributed by atoms with van der Waals surface area (Å²) in [5.74, 6) is -0.305. The third-order valence-electron chi connectivity index (χ3n) is 5.79. The van der Waals surface area contributed by atoms with Crippen molar-refractivity contribution >= 4 is 18.9 Å². The van der Waals surface area contributed by atoms with E-state index in [0.29, 0.717) is 13.0 Å².